The van der Waals surface area contributed by atoms with Crippen molar-refractivity contribution in [2.75, 3.05) is 21.9 Å². The van der Waals surface area contributed by atoms with Gasteiger partial charge in [0.25, 0.3) is 5.91 Å². The maximum atomic E-state index is 12.3. The summed E-state index contributed by atoms with van der Waals surface area (Å²) >= 11 is 2.96. The monoisotopic (exact) mass is 495 g/mol. The van der Waals surface area contributed by atoms with Gasteiger partial charge in [-0.2, -0.15) is 0 Å². The molecule has 0 bridgehead atoms. The highest BCUT2D eigenvalue weighted by Gasteiger charge is 2.28. The quantitative estimate of drug-likeness (QED) is 0.383. The van der Waals surface area contributed by atoms with Crippen LogP contribution in [0, 0.1) is 0 Å². The van der Waals surface area contributed by atoms with Gasteiger partial charge in [-0.15, -0.1) is 22.7 Å². The fourth-order valence-corrected chi connectivity index (χ4v) is 6.42. The lowest BCUT2D eigenvalue weighted by molar-refractivity contribution is 0.103. The van der Waals surface area contributed by atoms with E-state index in [2.05, 4.69) is 5.32 Å². The van der Waals surface area contributed by atoms with Crippen LogP contribution in [0.1, 0.15) is 22.2 Å². The second-order valence-electron chi connectivity index (χ2n) is 7.61. The lowest BCUT2D eigenvalue weighted by Crippen LogP contribution is -2.30. The van der Waals surface area contributed by atoms with E-state index in [0.717, 1.165) is 38.8 Å². The Morgan fingerprint density at radius 3 is 2.61 bits per heavy atom. The Hall–Kier alpha value is -3.01. The van der Waals surface area contributed by atoms with Crippen LogP contribution in [0.3, 0.4) is 0 Å². The van der Waals surface area contributed by atoms with Crippen molar-refractivity contribution in [3.05, 3.63) is 75.8 Å². The van der Waals surface area contributed by atoms with Crippen molar-refractivity contribution in [3.63, 3.8) is 0 Å². The van der Waals surface area contributed by atoms with Crippen LogP contribution in [0.25, 0.3) is 21.8 Å². The van der Waals surface area contributed by atoms with E-state index in [1.54, 1.807) is 24.3 Å². The van der Waals surface area contributed by atoms with Crippen molar-refractivity contribution in [1.82, 2.24) is 4.98 Å². The molecule has 9 heteroatoms. The van der Waals surface area contributed by atoms with Crippen LogP contribution in [0.4, 0.5) is 11.4 Å². The molecule has 168 valence electrons. The van der Waals surface area contributed by atoms with Crippen molar-refractivity contribution in [2.24, 2.45) is 0 Å². The first-order chi connectivity index (χ1) is 15.9. The highest BCUT2D eigenvalue weighted by molar-refractivity contribution is 7.92. The number of sulfonamides is 1. The number of fused-ring (bicyclic) bond motifs is 1. The van der Waals surface area contributed by atoms with E-state index < -0.39 is 10.0 Å². The number of anilines is 2. The minimum atomic E-state index is -3.25. The van der Waals surface area contributed by atoms with Crippen molar-refractivity contribution in [3.8, 4) is 21.8 Å². The van der Waals surface area contributed by atoms with Gasteiger partial charge >= 0.3 is 0 Å². The molecular formula is C24H21N3O3S3. The largest absolute Gasteiger partial charge is 0.321 e. The van der Waals surface area contributed by atoms with Crippen molar-refractivity contribution in [2.45, 2.75) is 13.3 Å². The van der Waals surface area contributed by atoms with E-state index in [9.17, 15) is 13.2 Å². The van der Waals surface area contributed by atoms with Crippen LogP contribution >= 0.6 is 22.7 Å². The van der Waals surface area contributed by atoms with E-state index in [4.69, 9.17) is 4.98 Å². The molecule has 0 atom stereocenters. The average molecular weight is 496 g/mol. The van der Waals surface area contributed by atoms with E-state index >= 15 is 0 Å². The van der Waals surface area contributed by atoms with Crippen molar-refractivity contribution < 1.29 is 13.2 Å². The zero-order chi connectivity index (χ0) is 23.0. The van der Waals surface area contributed by atoms with Crippen molar-refractivity contribution in [1.29, 1.82) is 0 Å². The summed E-state index contributed by atoms with van der Waals surface area (Å²) in [4.78, 5) is 17.7. The third kappa shape index (κ3) is 4.31. The Labute approximate surface area is 200 Å². The molecule has 1 N–H and O–H groups in total. The Morgan fingerprint density at radius 1 is 1.09 bits per heavy atom. The smallest absolute Gasteiger partial charge is 0.265 e. The molecule has 5 rings (SSSR count). The molecule has 1 aliphatic heterocycles. The van der Waals surface area contributed by atoms with Gasteiger partial charge in [0, 0.05) is 28.7 Å². The number of carbonyl (C=O) groups excluding carboxylic acids is 1. The Kier molecular flexibility index (Phi) is 5.77. The number of nitrogens with one attached hydrogen (secondary N) is 1. The molecule has 0 fully saturated rings. The lowest BCUT2D eigenvalue weighted by Gasteiger charge is -2.18. The predicted octanol–water partition coefficient (Wildman–Crippen LogP) is 5.50. The Bertz CT molecular complexity index is 1410. The number of hydrogen-bond acceptors (Lipinski definition) is 6. The molecule has 0 saturated carbocycles. The van der Waals surface area contributed by atoms with Gasteiger partial charge in [-0.3, -0.25) is 9.10 Å². The normalized spacial score (nSPS) is 13.2. The SMILES string of the molecule is CCS(=O)(=O)N1CCc2cc(-c3csc(-c4ccc(NC(=O)c5cccs5)cc4)n3)ccc21. The molecular weight excluding hydrogens is 474 g/mol. The molecule has 4 aromatic rings. The van der Waals surface area contributed by atoms with Crippen molar-refractivity contribution >= 4 is 50.0 Å². The number of benzene rings is 2. The third-order valence-electron chi connectivity index (χ3n) is 5.57. The summed E-state index contributed by atoms with van der Waals surface area (Å²) in [7, 11) is -3.25. The second-order valence-corrected chi connectivity index (χ2v) is 11.6. The van der Waals surface area contributed by atoms with Crippen LogP contribution in [0.2, 0.25) is 0 Å². The van der Waals surface area contributed by atoms with E-state index in [0.29, 0.717) is 17.8 Å². The standard InChI is InChI=1S/C24H21N3O3S3/c1-2-33(29,30)27-12-11-18-14-17(7-10-21(18)27)20-15-32-24(26-20)16-5-8-19(9-6-16)25-23(28)22-4-3-13-31-22/h3-10,13-15H,2,11-12H2,1H3,(H,25,28). The summed E-state index contributed by atoms with van der Waals surface area (Å²) in [5, 5.41) is 7.68. The summed E-state index contributed by atoms with van der Waals surface area (Å²) in [5.41, 5.74) is 5.36. The molecule has 3 heterocycles. The van der Waals surface area contributed by atoms with Crippen LogP contribution in [-0.2, 0) is 16.4 Å². The molecule has 1 aliphatic rings. The number of thiazole rings is 1. The minimum Gasteiger partial charge on any atom is -0.321 e. The zero-order valence-electron chi connectivity index (χ0n) is 17.8. The maximum Gasteiger partial charge on any atom is 0.265 e. The second kappa shape index (κ2) is 8.74. The molecule has 0 spiro atoms. The summed E-state index contributed by atoms with van der Waals surface area (Å²) in [6.45, 7) is 2.16. The first-order valence-electron chi connectivity index (χ1n) is 10.5. The van der Waals surface area contributed by atoms with Gasteiger partial charge < -0.3 is 5.32 Å². The fourth-order valence-electron chi connectivity index (χ4n) is 3.81. The fraction of sp³-hybridized carbons (Fsp3) is 0.167. The number of carbonyl (C=O) groups is 1. The van der Waals surface area contributed by atoms with Crippen LogP contribution in [0.5, 0.6) is 0 Å². The summed E-state index contributed by atoms with van der Waals surface area (Å²) < 4.78 is 26.1. The molecule has 0 radical (unpaired) electrons. The topological polar surface area (TPSA) is 79.4 Å². The molecule has 1 amide bonds. The molecule has 6 nitrogen and oxygen atoms in total. The number of amides is 1. The number of hydrogen-bond donors (Lipinski definition) is 1. The number of thiophene rings is 1. The van der Waals surface area contributed by atoms with Gasteiger partial charge in [0.15, 0.2) is 0 Å². The maximum absolute atomic E-state index is 12.3. The number of rotatable bonds is 6. The number of nitrogens with zero attached hydrogens (tertiary/aromatic N) is 2. The first kappa shape index (κ1) is 21.8. The van der Waals surface area contributed by atoms with Gasteiger partial charge in [0.1, 0.15) is 5.01 Å². The third-order valence-corrected chi connectivity index (χ3v) is 9.11. The van der Waals surface area contributed by atoms with E-state index in [1.807, 2.05) is 59.3 Å². The highest BCUT2D eigenvalue weighted by atomic mass is 32.2. The van der Waals surface area contributed by atoms with Gasteiger partial charge in [-0.25, -0.2) is 13.4 Å². The van der Waals surface area contributed by atoms with E-state index in [-0.39, 0.29) is 11.7 Å². The Balaban J connectivity index is 1.33. The minimum absolute atomic E-state index is 0.0974. The van der Waals surface area contributed by atoms with E-state index in [1.165, 1.54) is 15.6 Å². The lowest BCUT2D eigenvalue weighted by atomic mass is 10.1. The van der Waals surface area contributed by atoms with Gasteiger partial charge in [0.05, 0.1) is 22.0 Å². The van der Waals surface area contributed by atoms with Gasteiger partial charge in [-0.05, 0) is 66.8 Å². The first-order valence-corrected chi connectivity index (χ1v) is 13.9. The number of aromatic nitrogens is 1. The molecule has 0 unspecified atom stereocenters. The molecule has 0 aliphatic carbocycles. The molecule has 2 aromatic carbocycles. The molecule has 2 aromatic heterocycles. The summed E-state index contributed by atoms with van der Waals surface area (Å²) in [6.07, 6.45) is 0.706. The summed E-state index contributed by atoms with van der Waals surface area (Å²) in [5.74, 6) is -0.0173. The Morgan fingerprint density at radius 2 is 1.88 bits per heavy atom. The molecule has 33 heavy (non-hydrogen) atoms. The highest BCUT2D eigenvalue weighted by Crippen LogP contribution is 2.35. The zero-order valence-corrected chi connectivity index (χ0v) is 20.3. The van der Waals surface area contributed by atoms with Crippen LogP contribution < -0.4 is 9.62 Å². The van der Waals surface area contributed by atoms with Gasteiger partial charge in [-0.1, -0.05) is 12.1 Å². The predicted molar refractivity (Wildman–Crippen MR) is 136 cm³/mol. The van der Waals surface area contributed by atoms with Crippen LogP contribution in [0.15, 0.2) is 65.4 Å². The van der Waals surface area contributed by atoms with Crippen LogP contribution in [-0.4, -0.2) is 31.6 Å². The van der Waals surface area contributed by atoms with Gasteiger partial charge in [0.2, 0.25) is 10.0 Å². The summed E-state index contributed by atoms with van der Waals surface area (Å²) in [6, 6.07) is 17.2. The average Bonchev–Trinajstić information content (AvgIpc) is 3.60. The molecule has 0 saturated heterocycles.